The fourth-order valence-corrected chi connectivity index (χ4v) is 5.21. The van der Waals surface area contributed by atoms with Gasteiger partial charge in [0.2, 0.25) is 5.95 Å². The number of amides is 1. The average molecular weight is 487 g/mol. The molecule has 1 atom stereocenters. The van der Waals surface area contributed by atoms with E-state index in [4.69, 9.17) is 10.1 Å². The summed E-state index contributed by atoms with van der Waals surface area (Å²) in [6.07, 6.45) is 8.25. The number of nitrogens with one attached hydrogen (secondary N) is 3. The van der Waals surface area contributed by atoms with Crippen LogP contribution in [0.3, 0.4) is 0 Å². The normalized spacial score (nSPS) is 21.9. The van der Waals surface area contributed by atoms with Crippen molar-refractivity contribution in [3.63, 3.8) is 0 Å². The monoisotopic (exact) mass is 486 g/mol. The number of nitrogens with zero attached hydrogens (tertiary/aromatic N) is 7. The first-order valence-electron chi connectivity index (χ1n) is 12.8. The van der Waals surface area contributed by atoms with E-state index in [9.17, 15) is 4.79 Å². The molecule has 5 heterocycles. The molecular formula is C25H30N10O. The molecule has 1 saturated heterocycles. The van der Waals surface area contributed by atoms with E-state index in [2.05, 4.69) is 32.0 Å². The highest BCUT2D eigenvalue weighted by atomic mass is 16.2. The Morgan fingerprint density at radius 2 is 2.00 bits per heavy atom. The number of hydrogen-bond acceptors (Lipinski definition) is 7. The molecule has 0 spiro atoms. The highest BCUT2D eigenvalue weighted by Crippen LogP contribution is 2.41. The Labute approximate surface area is 208 Å². The molecule has 2 saturated carbocycles. The van der Waals surface area contributed by atoms with Crippen molar-refractivity contribution in [1.29, 1.82) is 0 Å². The number of anilines is 4. The molecule has 4 aromatic rings. The quantitative estimate of drug-likeness (QED) is 0.364. The van der Waals surface area contributed by atoms with Crippen LogP contribution in [-0.2, 0) is 11.8 Å². The van der Waals surface area contributed by atoms with Crippen LogP contribution in [0.2, 0.25) is 0 Å². The standard InChI is InChI=1S/C25H30N10O/c1-25(23(36)27-21-14-18(16-8-9-16)31-33(21)2)10-4-11-34(25)24-28-22(19-5-3-12-35(19)32-24)26-20-13-17(29-30-20)15-6-7-15/h3,5,12-16H,4,6-11H2,1-2H3,(H,27,36)(H2,26,28,29,30,32)/t25-/m0/s1. The second kappa shape index (κ2) is 7.81. The van der Waals surface area contributed by atoms with E-state index >= 15 is 0 Å². The van der Waals surface area contributed by atoms with Gasteiger partial charge in [-0.25, -0.2) is 4.52 Å². The first-order chi connectivity index (χ1) is 17.5. The maximum atomic E-state index is 13.6. The van der Waals surface area contributed by atoms with E-state index in [1.165, 1.54) is 25.7 Å². The zero-order valence-corrected chi connectivity index (χ0v) is 20.5. The van der Waals surface area contributed by atoms with Crippen LogP contribution in [-0.4, -0.2) is 52.6 Å². The number of aromatic amines is 1. The fourth-order valence-electron chi connectivity index (χ4n) is 5.21. The number of carbonyl (C=O) groups excluding carboxylic acids is 1. The minimum atomic E-state index is -0.784. The van der Waals surface area contributed by atoms with Crippen molar-refractivity contribution in [3.8, 4) is 0 Å². The van der Waals surface area contributed by atoms with Crippen LogP contribution in [0.1, 0.15) is 68.7 Å². The third kappa shape index (κ3) is 3.61. The summed E-state index contributed by atoms with van der Waals surface area (Å²) < 4.78 is 3.57. The molecule has 0 bridgehead atoms. The van der Waals surface area contributed by atoms with Gasteiger partial charge < -0.3 is 15.5 Å². The van der Waals surface area contributed by atoms with E-state index in [1.54, 1.807) is 9.20 Å². The third-order valence-electron chi connectivity index (χ3n) is 7.75. The Kier molecular flexibility index (Phi) is 4.64. The number of fused-ring (bicyclic) bond motifs is 1. The van der Waals surface area contributed by atoms with E-state index in [0.29, 0.717) is 36.6 Å². The van der Waals surface area contributed by atoms with Crippen LogP contribution in [0.25, 0.3) is 5.52 Å². The van der Waals surface area contributed by atoms with Gasteiger partial charge in [-0.2, -0.15) is 15.2 Å². The van der Waals surface area contributed by atoms with Crippen molar-refractivity contribution < 1.29 is 4.79 Å². The Morgan fingerprint density at radius 3 is 2.81 bits per heavy atom. The van der Waals surface area contributed by atoms with Gasteiger partial charge in [0.25, 0.3) is 5.91 Å². The van der Waals surface area contributed by atoms with Gasteiger partial charge in [-0.05, 0) is 57.6 Å². The maximum Gasteiger partial charge on any atom is 0.251 e. The molecule has 7 rings (SSSR count). The van der Waals surface area contributed by atoms with Gasteiger partial charge in [0.15, 0.2) is 11.6 Å². The first kappa shape index (κ1) is 21.4. The van der Waals surface area contributed by atoms with Gasteiger partial charge in [0.1, 0.15) is 16.9 Å². The molecule has 0 aromatic carbocycles. The molecule has 11 nitrogen and oxygen atoms in total. The second-order valence-electron chi connectivity index (χ2n) is 10.5. The summed E-state index contributed by atoms with van der Waals surface area (Å²) in [4.78, 5) is 20.6. The van der Waals surface area contributed by atoms with Crippen LogP contribution >= 0.6 is 0 Å². The second-order valence-corrected chi connectivity index (χ2v) is 10.5. The van der Waals surface area contributed by atoms with Gasteiger partial charge in [-0.15, -0.1) is 5.10 Å². The van der Waals surface area contributed by atoms with Crippen molar-refractivity contribution in [3.05, 3.63) is 41.9 Å². The minimum absolute atomic E-state index is 0.0718. The lowest BCUT2D eigenvalue weighted by atomic mass is 9.98. The molecule has 11 heteroatoms. The number of aromatic nitrogens is 7. The largest absolute Gasteiger partial charge is 0.325 e. The van der Waals surface area contributed by atoms with Gasteiger partial charge in [-0.1, -0.05) is 0 Å². The zero-order chi connectivity index (χ0) is 24.4. The maximum absolute atomic E-state index is 13.6. The summed E-state index contributed by atoms with van der Waals surface area (Å²) in [6, 6.07) is 7.96. The average Bonchev–Trinajstić information content (AvgIpc) is 3.71. The summed E-state index contributed by atoms with van der Waals surface area (Å²) in [5, 5.41) is 23.4. The molecule has 2 aliphatic carbocycles. The molecule has 0 unspecified atom stereocenters. The van der Waals surface area contributed by atoms with Crippen molar-refractivity contribution >= 4 is 34.8 Å². The number of hydrogen-bond donors (Lipinski definition) is 3. The molecule has 3 aliphatic rings. The fraction of sp³-hybridized carbons (Fsp3) is 0.480. The predicted molar refractivity (Wildman–Crippen MR) is 136 cm³/mol. The van der Waals surface area contributed by atoms with Gasteiger partial charge in [0, 0.05) is 49.5 Å². The molecule has 1 amide bonds. The Balaban J connectivity index is 1.18. The lowest BCUT2D eigenvalue weighted by Gasteiger charge is -2.33. The lowest BCUT2D eigenvalue weighted by molar-refractivity contribution is -0.120. The van der Waals surface area contributed by atoms with Crippen molar-refractivity contribution in [2.24, 2.45) is 7.05 Å². The van der Waals surface area contributed by atoms with E-state index in [0.717, 1.165) is 35.0 Å². The molecule has 0 radical (unpaired) electrons. The van der Waals surface area contributed by atoms with Crippen LogP contribution in [0.5, 0.6) is 0 Å². The van der Waals surface area contributed by atoms with Crippen molar-refractivity contribution in [2.45, 2.75) is 62.8 Å². The molecular weight excluding hydrogens is 456 g/mol. The molecule has 3 fully saturated rings. The van der Waals surface area contributed by atoms with E-state index in [1.807, 2.05) is 43.3 Å². The van der Waals surface area contributed by atoms with Crippen LogP contribution in [0, 0.1) is 0 Å². The number of H-pyrrole nitrogens is 1. The van der Waals surface area contributed by atoms with Crippen LogP contribution in [0.15, 0.2) is 30.5 Å². The smallest absolute Gasteiger partial charge is 0.251 e. The van der Waals surface area contributed by atoms with Crippen molar-refractivity contribution in [2.75, 3.05) is 22.1 Å². The van der Waals surface area contributed by atoms with Gasteiger partial charge in [-0.3, -0.25) is 14.6 Å². The molecule has 4 aromatic heterocycles. The van der Waals surface area contributed by atoms with Gasteiger partial charge >= 0.3 is 0 Å². The molecule has 186 valence electrons. The Morgan fingerprint density at radius 1 is 1.17 bits per heavy atom. The third-order valence-corrected chi connectivity index (χ3v) is 7.75. The number of aryl methyl sites for hydroxylation is 1. The highest BCUT2D eigenvalue weighted by Gasteiger charge is 2.45. The zero-order valence-electron chi connectivity index (χ0n) is 20.5. The van der Waals surface area contributed by atoms with Crippen LogP contribution in [0.4, 0.5) is 23.4 Å². The Bertz CT molecular complexity index is 1460. The number of carbonyl (C=O) groups is 1. The SMILES string of the molecule is Cn1nc(C2CC2)cc1NC(=O)[C@]1(C)CCCN1c1nc(Nc2cc(C3CC3)[nH]n2)c2cccn2n1. The van der Waals surface area contributed by atoms with Crippen LogP contribution < -0.4 is 15.5 Å². The summed E-state index contributed by atoms with van der Waals surface area (Å²) in [5.41, 5.74) is 2.28. The summed E-state index contributed by atoms with van der Waals surface area (Å²) in [6.45, 7) is 2.67. The molecule has 36 heavy (non-hydrogen) atoms. The molecule has 1 aliphatic heterocycles. The predicted octanol–water partition coefficient (Wildman–Crippen LogP) is 3.68. The molecule has 3 N–H and O–H groups in total. The highest BCUT2D eigenvalue weighted by molar-refractivity contribution is 6.00. The summed E-state index contributed by atoms with van der Waals surface area (Å²) in [5.74, 6) is 3.68. The first-order valence-corrected chi connectivity index (χ1v) is 12.8. The summed E-state index contributed by atoms with van der Waals surface area (Å²) in [7, 11) is 1.88. The number of rotatable bonds is 7. The van der Waals surface area contributed by atoms with Gasteiger partial charge in [0.05, 0.1) is 5.69 Å². The van der Waals surface area contributed by atoms with E-state index in [-0.39, 0.29) is 5.91 Å². The lowest BCUT2D eigenvalue weighted by Crippen LogP contribution is -2.52. The van der Waals surface area contributed by atoms with E-state index < -0.39 is 5.54 Å². The Hall–Kier alpha value is -3.89. The van der Waals surface area contributed by atoms with Crippen molar-refractivity contribution in [1.82, 2.24) is 34.6 Å². The summed E-state index contributed by atoms with van der Waals surface area (Å²) >= 11 is 0. The topological polar surface area (TPSA) is 121 Å². The minimum Gasteiger partial charge on any atom is -0.325 e.